The highest BCUT2D eigenvalue weighted by Crippen LogP contribution is 2.31. The van der Waals surface area contributed by atoms with Crippen LogP contribution >= 0.6 is 0 Å². The third kappa shape index (κ3) is 4.67. The van der Waals surface area contributed by atoms with Crippen LogP contribution in [0.2, 0.25) is 0 Å². The van der Waals surface area contributed by atoms with Crippen LogP contribution < -0.4 is 15.6 Å². The van der Waals surface area contributed by atoms with Gasteiger partial charge in [-0.2, -0.15) is 13.2 Å². The normalized spacial score (nSPS) is 18.3. The molecule has 204 valence electrons. The second-order valence-electron chi connectivity index (χ2n) is 9.24. The van der Waals surface area contributed by atoms with Crippen molar-refractivity contribution >= 4 is 22.8 Å². The van der Waals surface area contributed by atoms with Crippen molar-refractivity contribution in [2.45, 2.75) is 37.8 Å². The smallest absolute Gasteiger partial charge is 0.389 e. The number of halogens is 7. The van der Waals surface area contributed by atoms with Crippen LogP contribution in [0, 0.1) is 23.3 Å². The molecule has 2 atom stereocenters. The summed E-state index contributed by atoms with van der Waals surface area (Å²) in [5, 5.41) is 20.5. The van der Waals surface area contributed by atoms with E-state index in [0.29, 0.717) is 30.7 Å². The van der Waals surface area contributed by atoms with Gasteiger partial charge in [0.05, 0.1) is 17.6 Å². The van der Waals surface area contributed by atoms with Gasteiger partial charge in [-0.3, -0.25) is 14.2 Å². The Morgan fingerprint density at radius 1 is 1.00 bits per heavy atom. The van der Waals surface area contributed by atoms with E-state index in [0.717, 1.165) is 4.90 Å². The van der Waals surface area contributed by atoms with Gasteiger partial charge in [0.15, 0.2) is 28.9 Å². The highest BCUT2D eigenvalue weighted by molar-refractivity contribution is 5.97. The molecule has 3 heterocycles. The first-order valence-corrected chi connectivity index (χ1v) is 10.9. The van der Waals surface area contributed by atoms with E-state index in [1.807, 2.05) is 0 Å². The van der Waals surface area contributed by atoms with Crippen LogP contribution in [0.4, 0.5) is 36.6 Å². The third-order valence-electron chi connectivity index (χ3n) is 6.07. The molecule has 1 aliphatic heterocycles. The minimum atomic E-state index is -4.96. The molecule has 2 aromatic heterocycles. The maximum Gasteiger partial charge on any atom is 0.410 e. The van der Waals surface area contributed by atoms with Gasteiger partial charge in [-0.05, 0) is 19.9 Å². The minimum Gasteiger partial charge on any atom is -0.389 e. The lowest BCUT2D eigenvalue weighted by Crippen LogP contribution is -2.54. The van der Waals surface area contributed by atoms with Crippen molar-refractivity contribution in [2.24, 2.45) is 0 Å². The Balaban J connectivity index is 2.00. The molecule has 3 aromatic rings. The van der Waals surface area contributed by atoms with Crippen molar-refractivity contribution in [1.82, 2.24) is 14.9 Å². The summed E-state index contributed by atoms with van der Waals surface area (Å²) in [7, 11) is 0. The van der Waals surface area contributed by atoms with Gasteiger partial charge < -0.3 is 20.4 Å². The number of rotatable bonds is 4. The van der Waals surface area contributed by atoms with Crippen LogP contribution in [0.5, 0.6) is 0 Å². The van der Waals surface area contributed by atoms with Gasteiger partial charge in [0.25, 0.3) is 5.91 Å². The lowest BCUT2D eigenvalue weighted by atomic mass is 10.0. The number of alkyl halides is 3. The molecule has 1 amide bonds. The van der Waals surface area contributed by atoms with Crippen LogP contribution in [-0.2, 0) is 0 Å². The number of aliphatic hydroxyl groups is 2. The molecule has 1 fully saturated rings. The van der Waals surface area contributed by atoms with E-state index in [4.69, 9.17) is 0 Å². The Morgan fingerprint density at radius 3 is 2.08 bits per heavy atom. The summed E-state index contributed by atoms with van der Waals surface area (Å²) in [5.41, 5.74) is -6.90. The predicted octanol–water partition coefficient (Wildman–Crippen LogP) is 2.55. The first-order valence-electron chi connectivity index (χ1n) is 10.9. The number of carbonyl (C=O) groups excluding carboxylic acids is 1. The molecule has 0 aliphatic carbocycles. The van der Waals surface area contributed by atoms with Crippen molar-refractivity contribution in [3.8, 4) is 5.69 Å². The average Bonchev–Trinajstić information content (AvgIpc) is 3.11. The minimum absolute atomic E-state index is 0.270. The van der Waals surface area contributed by atoms with Gasteiger partial charge in [0, 0.05) is 31.4 Å². The summed E-state index contributed by atoms with van der Waals surface area (Å²) in [5.74, 6) is -7.72. The Kier molecular flexibility index (Phi) is 6.64. The number of amides is 1. The molecule has 1 aliphatic rings. The Hall–Kier alpha value is -3.72. The Labute approximate surface area is 208 Å². The van der Waals surface area contributed by atoms with Crippen molar-refractivity contribution in [3.05, 3.63) is 63.5 Å². The van der Waals surface area contributed by atoms with E-state index in [1.54, 1.807) is 5.32 Å². The molecule has 1 unspecified atom stereocenters. The van der Waals surface area contributed by atoms with E-state index in [2.05, 4.69) is 4.98 Å². The number of benzene rings is 1. The molecule has 0 spiro atoms. The average molecular weight is 548 g/mol. The maximum absolute atomic E-state index is 15.0. The molecule has 0 radical (unpaired) electrons. The summed E-state index contributed by atoms with van der Waals surface area (Å²) < 4.78 is 98.6. The number of β-amino-alcohol motifs (C(OH)–C–C–N with tert-alkyl or cyclic N) is 2. The fourth-order valence-corrected chi connectivity index (χ4v) is 3.90. The number of carbonyl (C=O) groups is 1. The Morgan fingerprint density at radius 2 is 1.55 bits per heavy atom. The second kappa shape index (κ2) is 9.23. The maximum atomic E-state index is 15.0. The first-order chi connectivity index (χ1) is 17.5. The van der Waals surface area contributed by atoms with Gasteiger partial charge in [0.2, 0.25) is 5.43 Å². The third-order valence-corrected chi connectivity index (χ3v) is 6.07. The predicted molar refractivity (Wildman–Crippen MR) is 119 cm³/mol. The summed E-state index contributed by atoms with van der Waals surface area (Å²) in [6, 6.07) is 1.09. The fraction of sp³-hybridized carbons (Fsp3) is 0.348. The SMILES string of the molecule is CC(C)(NC(=O)c1cn(-c2c(F)cc(F)cc2F)c2nc(N3CC(O)[C@H](O)C3)c(F)cc2c1=O)C(F)(F)F. The fourth-order valence-electron chi connectivity index (χ4n) is 3.90. The summed E-state index contributed by atoms with van der Waals surface area (Å²) in [6.07, 6.45) is -7.02. The molecule has 8 nitrogen and oxygen atoms in total. The zero-order valence-electron chi connectivity index (χ0n) is 19.6. The number of anilines is 1. The van der Waals surface area contributed by atoms with E-state index in [9.17, 15) is 46.1 Å². The number of hydrogen-bond donors (Lipinski definition) is 3. The highest BCUT2D eigenvalue weighted by atomic mass is 19.4. The van der Waals surface area contributed by atoms with Gasteiger partial charge in [-0.15, -0.1) is 0 Å². The number of aromatic nitrogens is 2. The molecule has 1 saturated heterocycles. The first kappa shape index (κ1) is 27.3. The largest absolute Gasteiger partial charge is 0.410 e. The Bertz CT molecular complexity index is 1470. The molecule has 0 bridgehead atoms. The van der Waals surface area contributed by atoms with E-state index in [1.165, 1.54) is 0 Å². The molecule has 0 saturated carbocycles. The molecular weight excluding hydrogens is 529 g/mol. The second-order valence-corrected chi connectivity index (χ2v) is 9.24. The molecular formula is C23H19F7N4O4. The summed E-state index contributed by atoms with van der Waals surface area (Å²) in [6.45, 7) is 0.618. The topological polar surface area (TPSA) is 108 Å². The number of aliphatic hydroxyl groups excluding tert-OH is 2. The van der Waals surface area contributed by atoms with E-state index >= 15 is 4.39 Å². The van der Waals surface area contributed by atoms with Gasteiger partial charge in [0.1, 0.15) is 22.6 Å². The highest BCUT2D eigenvalue weighted by Gasteiger charge is 2.48. The van der Waals surface area contributed by atoms with Crippen molar-refractivity contribution in [2.75, 3.05) is 18.0 Å². The molecule has 4 rings (SSSR count). The van der Waals surface area contributed by atoms with Gasteiger partial charge >= 0.3 is 6.18 Å². The molecule has 3 N–H and O–H groups in total. The zero-order valence-corrected chi connectivity index (χ0v) is 19.6. The van der Waals surface area contributed by atoms with E-state index in [-0.39, 0.29) is 25.2 Å². The van der Waals surface area contributed by atoms with Crippen molar-refractivity contribution < 1.29 is 45.7 Å². The number of nitrogens with one attached hydrogen (secondary N) is 1. The van der Waals surface area contributed by atoms with Crippen molar-refractivity contribution in [3.63, 3.8) is 0 Å². The van der Waals surface area contributed by atoms with Gasteiger partial charge in [-0.25, -0.2) is 22.5 Å². The van der Waals surface area contributed by atoms with Crippen LogP contribution in [0.25, 0.3) is 16.7 Å². The van der Waals surface area contributed by atoms with Crippen LogP contribution in [-0.4, -0.2) is 62.7 Å². The van der Waals surface area contributed by atoms with Crippen LogP contribution in [0.3, 0.4) is 0 Å². The van der Waals surface area contributed by atoms with Crippen LogP contribution in [0.1, 0.15) is 24.2 Å². The summed E-state index contributed by atoms with van der Waals surface area (Å²) >= 11 is 0. The molecule has 38 heavy (non-hydrogen) atoms. The van der Waals surface area contributed by atoms with Crippen molar-refractivity contribution in [1.29, 1.82) is 0 Å². The number of hydrogen-bond acceptors (Lipinski definition) is 6. The van der Waals surface area contributed by atoms with Gasteiger partial charge in [-0.1, -0.05) is 0 Å². The molecule has 15 heteroatoms. The number of fused-ring (bicyclic) bond motifs is 1. The molecule has 1 aromatic carbocycles. The van der Waals surface area contributed by atoms with E-state index < -0.39 is 86.6 Å². The van der Waals surface area contributed by atoms with Crippen LogP contribution in [0.15, 0.2) is 29.2 Å². The number of pyridine rings is 2. The zero-order chi connectivity index (χ0) is 28.3. The summed E-state index contributed by atoms with van der Waals surface area (Å²) in [4.78, 5) is 30.9. The number of nitrogens with zero attached hydrogens (tertiary/aromatic N) is 3. The lowest BCUT2D eigenvalue weighted by Gasteiger charge is -2.29. The lowest BCUT2D eigenvalue weighted by molar-refractivity contribution is -0.182. The quantitative estimate of drug-likeness (QED) is 0.433. The monoisotopic (exact) mass is 548 g/mol. The standard InChI is InChI=1S/C23H19F7N4O4/c1-22(2,23(28,29)30)32-21(38)11-6-34(17-12(25)3-9(24)4-13(17)26)19-10(18(11)37)5-14(27)20(31-19)33-7-15(35)16(36)8-33/h3-6,15-16,35-36H,7-8H2,1-2H3,(H,32,38)/t15-,16?/m1/s1.